The van der Waals surface area contributed by atoms with Crippen molar-refractivity contribution in [2.24, 2.45) is 0 Å². The summed E-state index contributed by atoms with van der Waals surface area (Å²) in [5.41, 5.74) is 2.15. The Morgan fingerprint density at radius 2 is 1.68 bits per heavy atom. The first-order valence-electron chi connectivity index (χ1n) is 7.13. The first kappa shape index (κ1) is 16.5. The summed E-state index contributed by atoms with van der Waals surface area (Å²) in [6, 6.07) is 13.6. The molecule has 0 aliphatic heterocycles. The maximum absolute atomic E-state index is 5.94. The van der Waals surface area contributed by atoms with Crippen molar-refractivity contribution in [3.05, 3.63) is 53.1 Å². The fourth-order valence-electron chi connectivity index (χ4n) is 2.09. The highest BCUT2D eigenvalue weighted by Crippen LogP contribution is 2.22. The van der Waals surface area contributed by atoms with E-state index in [1.54, 1.807) is 14.2 Å². The van der Waals surface area contributed by atoms with Crippen molar-refractivity contribution in [3.8, 4) is 11.5 Å². The van der Waals surface area contributed by atoms with Gasteiger partial charge in [-0.15, -0.1) is 0 Å². The van der Waals surface area contributed by atoms with Crippen molar-refractivity contribution in [1.82, 2.24) is 5.32 Å². The van der Waals surface area contributed by atoms with Gasteiger partial charge in [-0.25, -0.2) is 0 Å². The smallest absolute Gasteiger partial charge is 0.122 e. The Bertz CT molecular complexity index is 583. The molecule has 0 saturated heterocycles. The van der Waals surface area contributed by atoms with Crippen molar-refractivity contribution in [1.29, 1.82) is 0 Å². The van der Waals surface area contributed by atoms with Gasteiger partial charge < -0.3 is 20.1 Å². The Hall–Kier alpha value is -1.91. The summed E-state index contributed by atoms with van der Waals surface area (Å²) in [6.07, 6.45) is 0. The van der Waals surface area contributed by atoms with E-state index in [1.807, 2.05) is 42.5 Å². The zero-order valence-electron chi connectivity index (χ0n) is 12.9. The molecule has 4 nitrogen and oxygen atoms in total. The first-order valence-corrected chi connectivity index (χ1v) is 7.51. The zero-order valence-corrected chi connectivity index (χ0v) is 13.6. The number of methoxy groups -OCH3 is 2. The standard InChI is InChI=1S/C17H21ClN2O2/c1-21-16-8-13(9-17(11-16)22-2)12-19-6-7-20-15-5-3-4-14(18)10-15/h3-5,8-11,19-20H,6-7,12H2,1-2H3. The van der Waals surface area contributed by atoms with Crippen LogP contribution < -0.4 is 20.1 Å². The number of hydrogen-bond donors (Lipinski definition) is 2. The minimum atomic E-state index is 0.737. The number of benzene rings is 2. The Balaban J connectivity index is 1.76. The normalized spacial score (nSPS) is 10.3. The fourth-order valence-corrected chi connectivity index (χ4v) is 2.29. The molecule has 0 unspecified atom stereocenters. The highest BCUT2D eigenvalue weighted by Gasteiger charge is 2.01. The van der Waals surface area contributed by atoms with Crippen LogP contribution in [-0.2, 0) is 6.54 Å². The van der Waals surface area contributed by atoms with Crippen LogP contribution in [0.3, 0.4) is 0 Å². The van der Waals surface area contributed by atoms with E-state index in [0.717, 1.165) is 47.4 Å². The molecule has 0 fully saturated rings. The SMILES string of the molecule is COc1cc(CNCCNc2cccc(Cl)c2)cc(OC)c1. The van der Waals surface area contributed by atoms with Gasteiger partial charge in [-0.05, 0) is 35.9 Å². The highest BCUT2D eigenvalue weighted by atomic mass is 35.5. The highest BCUT2D eigenvalue weighted by molar-refractivity contribution is 6.30. The Morgan fingerprint density at radius 3 is 2.32 bits per heavy atom. The maximum atomic E-state index is 5.94. The molecule has 0 amide bonds. The van der Waals surface area contributed by atoms with E-state index in [0.29, 0.717) is 0 Å². The fraction of sp³-hybridized carbons (Fsp3) is 0.294. The van der Waals surface area contributed by atoms with Gasteiger partial charge in [-0.1, -0.05) is 17.7 Å². The topological polar surface area (TPSA) is 42.5 Å². The van der Waals surface area contributed by atoms with Crippen LogP contribution >= 0.6 is 11.6 Å². The minimum absolute atomic E-state index is 0.737. The number of hydrogen-bond acceptors (Lipinski definition) is 4. The second-order valence-corrected chi connectivity index (χ2v) is 5.27. The molecule has 0 aliphatic carbocycles. The van der Waals surface area contributed by atoms with Gasteiger partial charge in [0, 0.05) is 36.4 Å². The molecule has 0 radical (unpaired) electrons. The van der Waals surface area contributed by atoms with Crippen LogP contribution in [-0.4, -0.2) is 27.3 Å². The summed E-state index contributed by atoms with van der Waals surface area (Å²) in [5.74, 6) is 1.60. The molecule has 0 heterocycles. The lowest BCUT2D eigenvalue weighted by atomic mass is 10.2. The second kappa shape index (κ2) is 8.51. The molecule has 22 heavy (non-hydrogen) atoms. The van der Waals surface area contributed by atoms with E-state index >= 15 is 0 Å². The molecule has 0 aliphatic rings. The second-order valence-electron chi connectivity index (χ2n) is 4.83. The summed E-state index contributed by atoms with van der Waals surface area (Å²) in [6.45, 7) is 2.41. The molecule has 0 bridgehead atoms. The number of rotatable bonds is 8. The molecule has 2 rings (SSSR count). The minimum Gasteiger partial charge on any atom is -0.497 e. The van der Waals surface area contributed by atoms with E-state index < -0.39 is 0 Å². The zero-order chi connectivity index (χ0) is 15.8. The van der Waals surface area contributed by atoms with Crippen LogP contribution in [0.2, 0.25) is 5.02 Å². The number of nitrogens with one attached hydrogen (secondary N) is 2. The van der Waals surface area contributed by atoms with Crippen molar-refractivity contribution < 1.29 is 9.47 Å². The Kier molecular flexibility index (Phi) is 6.37. The summed E-state index contributed by atoms with van der Waals surface area (Å²) in [4.78, 5) is 0. The van der Waals surface area contributed by atoms with Gasteiger partial charge in [-0.2, -0.15) is 0 Å². The van der Waals surface area contributed by atoms with Crippen LogP contribution in [0.5, 0.6) is 11.5 Å². The molecule has 0 spiro atoms. The molecule has 0 aromatic heterocycles. The van der Waals surface area contributed by atoms with Gasteiger partial charge in [0.1, 0.15) is 11.5 Å². The predicted octanol–water partition coefficient (Wildman–Crippen LogP) is 3.56. The molecule has 0 saturated carbocycles. The van der Waals surface area contributed by atoms with Crippen LogP contribution in [0.1, 0.15) is 5.56 Å². The van der Waals surface area contributed by atoms with Crippen molar-refractivity contribution >= 4 is 17.3 Å². The van der Waals surface area contributed by atoms with Crippen molar-refractivity contribution in [3.63, 3.8) is 0 Å². The van der Waals surface area contributed by atoms with Crippen molar-refractivity contribution in [2.75, 3.05) is 32.6 Å². The van der Waals surface area contributed by atoms with Crippen LogP contribution in [0.25, 0.3) is 0 Å². The monoisotopic (exact) mass is 320 g/mol. The molecular weight excluding hydrogens is 300 g/mol. The summed E-state index contributed by atoms with van der Waals surface area (Å²) in [7, 11) is 3.31. The average molecular weight is 321 g/mol. The quantitative estimate of drug-likeness (QED) is 0.730. The van der Waals surface area contributed by atoms with Gasteiger partial charge in [0.05, 0.1) is 14.2 Å². The van der Waals surface area contributed by atoms with Gasteiger partial charge in [0.25, 0.3) is 0 Å². The summed E-state index contributed by atoms with van der Waals surface area (Å²) < 4.78 is 10.5. The lowest BCUT2D eigenvalue weighted by molar-refractivity contribution is 0.393. The molecule has 2 aromatic rings. The van der Waals surface area contributed by atoms with E-state index in [9.17, 15) is 0 Å². The maximum Gasteiger partial charge on any atom is 0.122 e. The van der Waals surface area contributed by atoms with Gasteiger partial charge in [0.15, 0.2) is 0 Å². The molecule has 2 aromatic carbocycles. The Labute approximate surface area is 136 Å². The third kappa shape index (κ3) is 5.13. The summed E-state index contributed by atoms with van der Waals surface area (Å²) in [5, 5.41) is 7.44. The molecule has 2 N–H and O–H groups in total. The van der Waals surface area contributed by atoms with E-state index in [1.165, 1.54) is 0 Å². The molecular formula is C17H21ClN2O2. The third-order valence-corrected chi connectivity index (χ3v) is 3.43. The lowest BCUT2D eigenvalue weighted by Crippen LogP contribution is -2.21. The number of halogens is 1. The van der Waals surface area contributed by atoms with Crippen LogP contribution in [0.4, 0.5) is 5.69 Å². The molecule has 5 heteroatoms. The van der Waals surface area contributed by atoms with Gasteiger partial charge >= 0.3 is 0 Å². The lowest BCUT2D eigenvalue weighted by Gasteiger charge is -2.10. The largest absolute Gasteiger partial charge is 0.497 e. The van der Waals surface area contributed by atoms with Crippen LogP contribution in [0.15, 0.2) is 42.5 Å². The molecule has 118 valence electrons. The first-order chi connectivity index (χ1) is 10.7. The average Bonchev–Trinajstić information content (AvgIpc) is 2.54. The number of ether oxygens (including phenoxy) is 2. The number of anilines is 1. The summed E-state index contributed by atoms with van der Waals surface area (Å²) >= 11 is 5.94. The Morgan fingerprint density at radius 1 is 0.955 bits per heavy atom. The van der Waals surface area contributed by atoms with E-state index in [-0.39, 0.29) is 0 Å². The van der Waals surface area contributed by atoms with Gasteiger partial charge in [0.2, 0.25) is 0 Å². The van der Waals surface area contributed by atoms with Crippen molar-refractivity contribution in [2.45, 2.75) is 6.54 Å². The van der Waals surface area contributed by atoms with E-state index in [4.69, 9.17) is 21.1 Å². The van der Waals surface area contributed by atoms with Crippen LogP contribution in [0, 0.1) is 0 Å². The third-order valence-electron chi connectivity index (χ3n) is 3.20. The van der Waals surface area contributed by atoms with Gasteiger partial charge in [-0.3, -0.25) is 0 Å². The molecule has 0 atom stereocenters. The predicted molar refractivity (Wildman–Crippen MR) is 91.2 cm³/mol. The van der Waals surface area contributed by atoms with E-state index in [2.05, 4.69) is 10.6 Å².